The Morgan fingerprint density at radius 3 is 2.78 bits per heavy atom. The van der Waals surface area contributed by atoms with Crippen LogP contribution in [-0.2, 0) is 0 Å². The predicted molar refractivity (Wildman–Crippen MR) is 113 cm³/mol. The largest absolute Gasteiger partial charge is 0.483 e. The number of likely N-dealkylation sites (tertiary alicyclic amines) is 1. The number of halogens is 2. The Morgan fingerprint density at radius 1 is 1.19 bits per heavy atom. The summed E-state index contributed by atoms with van der Waals surface area (Å²) in [4.78, 5) is 27.5. The Balaban J connectivity index is 1.23. The normalized spacial score (nSPS) is 18.2. The van der Waals surface area contributed by atoms with Gasteiger partial charge in [0, 0.05) is 24.9 Å². The lowest BCUT2D eigenvalue weighted by molar-refractivity contribution is 0.0256. The van der Waals surface area contributed by atoms with Gasteiger partial charge in [0.15, 0.2) is 11.6 Å². The zero-order valence-corrected chi connectivity index (χ0v) is 17.8. The fourth-order valence-electron chi connectivity index (χ4n) is 3.66. The molecule has 0 unspecified atom stereocenters. The Labute approximate surface area is 186 Å². The zero-order valence-electron chi connectivity index (χ0n) is 17.0. The molecule has 1 fully saturated rings. The summed E-state index contributed by atoms with van der Waals surface area (Å²) < 4.78 is 33.6. The van der Waals surface area contributed by atoms with Gasteiger partial charge < -0.3 is 9.64 Å². The Bertz CT molecular complexity index is 1200. The van der Waals surface area contributed by atoms with Gasteiger partial charge in [0.2, 0.25) is 0 Å². The molecule has 3 aromatic heterocycles. The maximum atomic E-state index is 14.3. The lowest BCUT2D eigenvalue weighted by Gasteiger charge is -2.41. The minimum absolute atomic E-state index is 0.0859. The van der Waals surface area contributed by atoms with Gasteiger partial charge in [-0.25, -0.2) is 23.6 Å². The monoisotopic (exact) mass is 456 g/mol. The van der Waals surface area contributed by atoms with Crippen LogP contribution in [0.2, 0.25) is 0 Å². The molecule has 3 aromatic rings. The topological polar surface area (TPSA) is 83.8 Å². The molecular weight excluding hydrogens is 438 g/mol. The summed E-state index contributed by atoms with van der Waals surface area (Å²) in [6, 6.07) is 2.18. The van der Waals surface area contributed by atoms with Crippen molar-refractivity contribution in [1.29, 1.82) is 0 Å². The molecule has 0 N–H and O–H groups in total. The fourth-order valence-corrected chi connectivity index (χ4v) is 4.43. The first-order chi connectivity index (χ1) is 15.5. The summed E-state index contributed by atoms with van der Waals surface area (Å²) in [5, 5.41) is 5.47. The van der Waals surface area contributed by atoms with Crippen LogP contribution in [0.5, 0.6) is 5.75 Å². The second-order valence-corrected chi connectivity index (χ2v) is 8.38. The van der Waals surface area contributed by atoms with E-state index < -0.39 is 17.7 Å². The number of nitrogens with zero attached hydrogens (tertiary/aromatic N) is 6. The summed E-state index contributed by atoms with van der Waals surface area (Å²) in [6.45, 7) is 2.44. The third-order valence-electron chi connectivity index (χ3n) is 5.35. The van der Waals surface area contributed by atoms with Gasteiger partial charge in [-0.05, 0) is 18.6 Å². The molecule has 5 heterocycles. The number of amides is 2. The molecule has 2 amide bonds. The number of ether oxygens (including phenoxy) is 1. The third-order valence-corrected chi connectivity index (χ3v) is 6.30. The van der Waals surface area contributed by atoms with E-state index in [4.69, 9.17) is 4.74 Å². The van der Waals surface area contributed by atoms with E-state index in [1.807, 2.05) is 6.92 Å². The van der Waals surface area contributed by atoms with Crippen molar-refractivity contribution >= 4 is 23.6 Å². The number of hydrogen-bond acceptors (Lipinski definition) is 7. The van der Waals surface area contributed by atoms with Crippen LogP contribution in [0.1, 0.15) is 23.7 Å². The van der Waals surface area contributed by atoms with E-state index in [1.54, 1.807) is 22.7 Å². The van der Waals surface area contributed by atoms with Gasteiger partial charge in [-0.2, -0.15) is 5.10 Å². The number of hydrazone groups is 1. The molecule has 0 saturated carbocycles. The highest BCUT2D eigenvalue weighted by molar-refractivity contribution is 7.13. The molecule has 164 valence electrons. The average Bonchev–Trinajstić information content (AvgIpc) is 3.40. The molecule has 0 spiro atoms. The highest BCUT2D eigenvalue weighted by Crippen LogP contribution is 2.32. The lowest BCUT2D eigenvalue weighted by Crippen LogP contribution is -2.58. The highest BCUT2D eigenvalue weighted by Gasteiger charge is 2.39. The summed E-state index contributed by atoms with van der Waals surface area (Å²) in [5.41, 5.74) is 3.69. The molecule has 1 atom stereocenters. The van der Waals surface area contributed by atoms with Crippen LogP contribution in [0.3, 0.4) is 0 Å². The fraction of sp³-hybridized carbons (Fsp3) is 0.286. The van der Waals surface area contributed by atoms with Crippen molar-refractivity contribution in [1.82, 2.24) is 24.9 Å². The van der Waals surface area contributed by atoms with Crippen molar-refractivity contribution in [3.05, 3.63) is 59.1 Å². The summed E-state index contributed by atoms with van der Waals surface area (Å²) in [6.07, 6.45) is 5.51. The van der Waals surface area contributed by atoms with E-state index in [0.29, 0.717) is 17.7 Å². The van der Waals surface area contributed by atoms with Crippen LogP contribution in [0.15, 0.2) is 41.3 Å². The molecule has 2 aliphatic rings. The minimum atomic E-state index is -0.566. The van der Waals surface area contributed by atoms with Gasteiger partial charge in [0.1, 0.15) is 11.9 Å². The minimum Gasteiger partial charge on any atom is -0.483 e. The number of pyridine rings is 2. The molecule has 5 rings (SSSR count). The molecule has 8 nitrogen and oxygen atoms in total. The summed E-state index contributed by atoms with van der Waals surface area (Å²) in [5.74, 6) is -0.946. The molecule has 2 aliphatic heterocycles. The first kappa shape index (κ1) is 20.4. The number of thiazole rings is 1. The van der Waals surface area contributed by atoms with Crippen LogP contribution >= 0.6 is 11.3 Å². The molecule has 11 heteroatoms. The van der Waals surface area contributed by atoms with Crippen molar-refractivity contribution in [2.45, 2.75) is 25.5 Å². The zero-order chi connectivity index (χ0) is 22.2. The van der Waals surface area contributed by atoms with E-state index in [9.17, 15) is 13.6 Å². The quantitative estimate of drug-likeness (QED) is 0.596. The van der Waals surface area contributed by atoms with Crippen molar-refractivity contribution in [3.8, 4) is 16.3 Å². The van der Waals surface area contributed by atoms with E-state index >= 15 is 0 Å². The van der Waals surface area contributed by atoms with Gasteiger partial charge in [-0.15, -0.1) is 11.3 Å². The molecule has 0 aromatic carbocycles. The first-order valence-electron chi connectivity index (χ1n) is 9.93. The molecule has 32 heavy (non-hydrogen) atoms. The molecular formula is C21H18F2N6O2S. The number of aryl methyl sites for hydroxylation is 1. The first-order valence-corrected chi connectivity index (χ1v) is 10.8. The Kier molecular flexibility index (Phi) is 5.25. The molecule has 0 bridgehead atoms. The standard InChI is InChI=1S/C21H18F2N6O2S/c1-12-20(32-11-26-12)17-5-19(16(23)8-25-17)31-15-9-28(10-15)21(30)29-18(2-3-27-29)13-4-14(22)7-24-6-13/h3-8,11,15,18H,2,9-10H2,1H3/t18-/m0/s1. The second kappa shape index (κ2) is 8.23. The maximum absolute atomic E-state index is 14.3. The second-order valence-electron chi connectivity index (χ2n) is 7.52. The van der Waals surface area contributed by atoms with Crippen LogP contribution in [0, 0.1) is 18.6 Å². The number of rotatable bonds is 4. The van der Waals surface area contributed by atoms with Crippen molar-refractivity contribution in [2.24, 2.45) is 5.10 Å². The maximum Gasteiger partial charge on any atom is 0.341 e. The molecule has 0 radical (unpaired) electrons. The van der Waals surface area contributed by atoms with E-state index in [2.05, 4.69) is 20.1 Å². The molecule has 0 aliphatic carbocycles. The summed E-state index contributed by atoms with van der Waals surface area (Å²) in [7, 11) is 0. The number of carbonyl (C=O) groups is 1. The van der Waals surface area contributed by atoms with Gasteiger partial charge in [0.25, 0.3) is 0 Å². The van der Waals surface area contributed by atoms with Crippen LogP contribution in [-0.4, -0.2) is 56.3 Å². The van der Waals surface area contributed by atoms with Gasteiger partial charge in [-0.3, -0.25) is 9.97 Å². The SMILES string of the molecule is Cc1ncsc1-c1cc(OC2CN(C(=O)N3N=CC[C@H]3c3cncc(F)c3)C2)c(F)cn1. The number of aromatic nitrogens is 3. The van der Waals surface area contributed by atoms with Crippen LogP contribution < -0.4 is 4.74 Å². The average molecular weight is 456 g/mol. The number of urea groups is 1. The van der Waals surface area contributed by atoms with Crippen LogP contribution in [0.25, 0.3) is 10.6 Å². The highest BCUT2D eigenvalue weighted by atomic mass is 32.1. The van der Waals surface area contributed by atoms with Gasteiger partial charge in [-0.1, -0.05) is 0 Å². The van der Waals surface area contributed by atoms with E-state index in [0.717, 1.165) is 23.0 Å². The van der Waals surface area contributed by atoms with Crippen LogP contribution in [0.4, 0.5) is 13.6 Å². The Hall–Kier alpha value is -3.47. The third kappa shape index (κ3) is 3.79. The number of carbonyl (C=O) groups excluding carboxylic acids is 1. The van der Waals surface area contributed by atoms with Crippen molar-refractivity contribution in [3.63, 3.8) is 0 Å². The number of hydrogen-bond donors (Lipinski definition) is 0. The molecule has 1 saturated heterocycles. The summed E-state index contributed by atoms with van der Waals surface area (Å²) >= 11 is 1.42. The Morgan fingerprint density at radius 2 is 2.03 bits per heavy atom. The predicted octanol–water partition coefficient (Wildman–Crippen LogP) is 3.80. The van der Waals surface area contributed by atoms with Gasteiger partial charge >= 0.3 is 6.03 Å². The lowest BCUT2D eigenvalue weighted by atomic mass is 10.1. The van der Waals surface area contributed by atoms with E-state index in [1.165, 1.54) is 28.6 Å². The van der Waals surface area contributed by atoms with E-state index in [-0.39, 0.29) is 31.0 Å². The van der Waals surface area contributed by atoms with Crippen molar-refractivity contribution in [2.75, 3.05) is 13.1 Å². The smallest absolute Gasteiger partial charge is 0.341 e. The van der Waals surface area contributed by atoms with Crippen molar-refractivity contribution < 1.29 is 18.3 Å². The van der Waals surface area contributed by atoms with Gasteiger partial charge in [0.05, 0.1) is 53.3 Å².